The fourth-order valence-electron chi connectivity index (χ4n) is 5.55. The lowest BCUT2D eigenvalue weighted by atomic mass is 9.74. The molecule has 0 radical (unpaired) electrons. The third-order valence-corrected chi connectivity index (χ3v) is 7.96. The van der Waals surface area contributed by atoms with Gasteiger partial charge in [0.15, 0.2) is 5.82 Å². The highest BCUT2D eigenvalue weighted by molar-refractivity contribution is 6.33. The van der Waals surface area contributed by atoms with E-state index in [-0.39, 0.29) is 34.0 Å². The van der Waals surface area contributed by atoms with E-state index >= 15 is 0 Å². The maximum absolute atomic E-state index is 13.8. The fourth-order valence-corrected chi connectivity index (χ4v) is 5.77. The first-order chi connectivity index (χ1) is 19.1. The van der Waals surface area contributed by atoms with Crippen LogP contribution in [0.5, 0.6) is 0 Å². The van der Waals surface area contributed by atoms with Crippen LogP contribution in [0.4, 0.5) is 24.5 Å². The topological polar surface area (TPSA) is 106 Å². The molecule has 6 rings (SSSR count). The molecule has 2 saturated heterocycles. The predicted octanol–water partition coefficient (Wildman–Crippen LogP) is 2.98. The van der Waals surface area contributed by atoms with Gasteiger partial charge in [-0.25, -0.2) is 0 Å². The Morgan fingerprint density at radius 1 is 1.27 bits per heavy atom. The first kappa shape index (κ1) is 26.8. The van der Waals surface area contributed by atoms with Crippen LogP contribution in [-0.4, -0.2) is 64.5 Å². The van der Waals surface area contributed by atoms with Crippen molar-refractivity contribution >= 4 is 40.2 Å². The van der Waals surface area contributed by atoms with E-state index in [0.29, 0.717) is 56.4 Å². The van der Waals surface area contributed by atoms with E-state index in [1.165, 1.54) is 4.52 Å². The summed E-state index contributed by atoms with van der Waals surface area (Å²) < 4.78 is 47.4. The van der Waals surface area contributed by atoms with Gasteiger partial charge in [0, 0.05) is 31.6 Å². The van der Waals surface area contributed by atoms with Crippen molar-refractivity contribution in [1.29, 1.82) is 0 Å². The number of carbonyl (C=O) groups is 1. The summed E-state index contributed by atoms with van der Waals surface area (Å²) in [5.74, 6) is 0.0657. The molecule has 14 heteroatoms. The van der Waals surface area contributed by atoms with Crippen LogP contribution >= 0.6 is 11.6 Å². The lowest BCUT2D eigenvalue weighted by Crippen LogP contribution is -2.72. The highest BCUT2D eigenvalue weighted by atomic mass is 35.5. The van der Waals surface area contributed by atoms with E-state index < -0.39 is 17.6 Å². The van der Waals surface area contributed by atoms with Crippen molar-refractivity contribution in [1.82, 2.24) is 24.5 Å². The van der Waals surface area contributed by atoms with Gasteiger partial charge >= 0.3 is 6.18 Å². The van der Waals surface area contributed by atoms with E-state index in [2.05, 4.69) is 20.7 Å². The standard InChI is InChI=1S/C26H27ClF3N7O3/c1-2-19-21(35-13-25(14-35)11-31-12-25)23(39)37-24(33-22(34-37)15-5-7-40-8-6-15)36(19)10-20(38)32-18-4-3-16(9-17(18)27)26(28,29)30/h3-5,9,31H,2,6-8,10-14H2,1H3,(H,32,38). The molecule has 1 aromatic carbocycles. The average molecular weight is 578 g/mol. The highest BCUT2D eigenvalue weighted by Gasteiger charge is 2.49. The van der Waals surface area contributed by atoms with Gasteiger partial charge in [-0.05, 0) is 36.6 Å². The molecule has 0 aliphatic carbocycles. The number of benzene rings is 1. The van der Waals surface area contributed by atoms with Gasteiger partial charge in [0.05, 0.1) is 35.2 Å². The molecule has 2 aromatic heterocycles. The highest BCUT2D eigenvalue weighted by Crippen LogP contribution is 2.38. The maximum Gasteiger partial charge on any atom is 0.416 e. The van der Waals surface area contributed by atoms with Gasteiger partial charge in [0.25, 0.3) is 5.56 Å². The molecule has 10 nitrogen and oxygen atoms in total. The summed E-state index contributed by atoms with van der Waals surface area (Å²) in [6.45, 7) is 5.78. The van der Waals surface area contributed by atoms with Crippen molar-refractivity contribution < 1.29 is 22.7 Å². The third-order valence-electron chi connectivity index (χ3n) is 7.65. The second-order valence-corrected chi connectivity index (χ2v) is 10.8. The number of ether oxygens (including phenoxy) is 1. The second-order valence-electron chi connectivity index (χ2n) is 10.4. The Balaban J connectivity index is 1.39. The van der Waals surface area contributed by atoms with E-state index in [1.54, 1.807) is 4.57 Å². The number of alkyl halides is 3. The smallest absolute Gasteiger partial charge is 0.377 e. The van der Waals surface area contributed by atoms with Crippen molar-refractivity contribution in [2.45, 2.75) is 32.5 Å². The molecule has 1 amide bonds. The Morgan fingerprint density at radius 3 is 2.65 bits per heavy atom. The number of aromatic nitrogens is 4. The van der Waals surface area contributed by atoms with Crippen LogP contribution in [0.1, 0.15) is 30.4 Å². The normalized spacial score (nSPS) is 18.4. The lowest BCUT2D eigenvalue weighted by Gasteiger charge is -2.57. The quantitative estimate of drug-likeness (QED) is 0.464. The van der Waals surface area contributed by atoms with Gasteiger partial charge in [-0.15, -0.1) is 5.10 Å². The van der Waals surface area contributed by atoms with Gasteiger partial charge in [0.2, 0.25) is 11.7 Å². The van der Waals surface area contributed by atoms with Crippen molar-refractivity contribution in [3.8, 4) is 0 Å². The van der Waals surface area contributed by atoms with E-state index in [4.69, 9.17) is 16.3 Å². The maximum atomic E-state index is 13.8. The number of hydrogen-bond acceptors (Lipinski definition) is 7. The summed E-state index contributed by atoms with van der Waals surface area (Å²) >= 11 is 6.07. The van der Waals surface area contributed by atoms with Crippen molar-refractivity contribution in [2.24, 2.45) is 5.41 Å². The Kier molecular flexibility index (Phi) is 6.62. The molecule has 5 heterocycles. The molecule has 2 N–H and O–H groups in total. The third kappa shape index (κ3) is 4.65. The van der Waals surface area contributed by atoms with Gasteiger partial charge in [0.1, 0.15) is 12.2 Å². The Morgan fingerprint density at radius 2 is 2.05 bits per heavy atom. The van der Waals surface area contributed by atoms with Crippen LogP contribution in [0.3, 0.4) is 0 Å². The largest absolute Gasteiger partial charge is 0.416 e. The molecule has 0 bridgehead atoms. The SMILES string of the molecule is CCc1c(N2CC3(CNC3)C2)c(=O)n2nc(C3=CCOCC3)nc2n1CC(=O)Nc1ccc(C(F)(F)F)cc1Cl. The Labute approximate surface area is 231 Å². The summed E-state index contributed by atoms with van der Waals surface area (Å²) in [6.07, 6.45) is -1.66. The number of carbonyl (C=O) groups excluding carboxylic acids is 1. The second kappa shape index (κ2) is 9.89. The molecular weight excluding hydrogens is 551 g/mol. The molecule has 1 spiro atoms. The first-order valence-electron chi connectivity index (χ1n) is 13.0. The zero-order valence-corrected chi connectivity index (χ0v) is 22.4. The number of fused-ring (bicyclic) bond motifs is 1. The number of hydrogen-bond donors (Lipinski definition) is 2. The minimum Gasteiger partial charge on any atom is -0.377 e. The van der Waals surface area contributed by atoms with Gasteiger partial charge < -0.3 is 24.8 Å². The molecule has 0 unspecified atom stereocenters. The van der Waals surface area contributed by atoms with Crippen LogP contribution < -0.4 is 21.1 Å². The average Bonchev–Trinajstić information content (AvgIpc) is 3.32. The van der Waals surface area contributed by atoms with E-state index in [0.717, 1.165) is 36.9 Å². The number of anilines is 2. The molecule has 212 valence electrons. The van der Waals surface area contributed by atoms with Crippen molar-refractivity contribution in [3.63, 3.8) is 0 Å². The summed E-state index contributed by atoms with van der Waals surface area (Å²) in [5.41, 5.74) is 0.940. The first-order valence-corrected chi connectivity index (χ1v) is 13.4. The molecule has 3 aromatic rings. The number of halogens is 4. The molecule has 0 saturated carbocycles. The fraction of sp³-hybridized carbons (Fsp3) is 0.462. The minimum atomic E-state index is -4.56. The molecule has 0 atom stereocenters. The number of nitrogens with zero attached hydrogens (tertiary/aromatic N) is 5. The van der Waals surface area contributed by atoms with Crippen molar-refractivity contribution in [3.05, 3.63) is 56.7 Å². The Hall–Kier alpha value is -3.42. The Bertz CT molecular complexity index is 1580. The monoisotopic (exact) mass is 577 g/mol. The van der Waals surface area contributed by atoms with Gasteiger partial charge in [-0.1, -0.05) is 24.6 Å². The van der Waals surface area contributed by atoms with Crippen LogP contribution in [0.15, 0.2) is 29.1 Å². The van der Waals surface area contributed by atoms with E-state index in [1.807, 2.05) is 17.9 Å². The van der Waals surface area contributed by atoms with Crippen molar-refractivity contribution in [2.75, 3.05) is 49.6 Å². The summed E-state index contributed by atoms with van der Waals surface area (Å²) in [4.78, 5) is 33.7. The molecule has 3 aliphatic heterocycles. The van der Waals surface area contributed by atoms with Gasteiger partial charge in [-0.3, -0.25) is 9.59 Å². The number of amides is 1. The van der Waals surface area contributed by atoms with Gasteiger partial charge in [-0.2, -0.15) is 22.7 Å². The molecular formula is C26H27ClF3N7O3. The van der Waals surface area contributed by atoms with Crippen LogP contribution in [0.25, 0.3) is 11.4 Å². The molecule has 2 fully saturated rings. The number of rotatable bonds is 6. The molecule has 40 heavy (non-hydrogen) atoms. The zero-order chi connectivity index (χ0) is 28.2. The van der Waals surface area contributed by atoms with Crippen LogP contribution in [0, 0.1) is 5.41 Å². The summed E-state index contributed by atoms with van der Waals surface area (Å²) in [6, 6.07) is 2.75. The number of nitrogens with one attached hydrogen (secondary N) is 2. The lowest BCUT2D eigenvalue weighted by molar-refractivity contribution is -0.137. The summed E-state index contributed by atoms with van der Waals surface area (Å²) in [5, 5.41) is 10.2. The summed E-state index contributed by atoms with van der Waals surface area (Å²) in [7, 11) is 0. The van der Waals surface area contributed by atoms with Crippen LogP contribution in [0.2, 0.25) is 5.02 Å². The molecule has 3 aliphatic rings. The predicted molar refractivity (Wildman–Crippen MR) is 143 cm³/mol. The van der Waals surface area contributed by atoms with E-state index in [9.17, 15) is 22.8 Å². The van der Waals surface area contributed by atoms with Crippen LogP contribution in [-0.2, 0) is 28.7 Å². The minimum absolute atomic E-state index is 0.0479. The zero-order valence-electron chi connectivity index (χ0n) is 21.6.